The van der Waals surface area contributed by atoms with Crippen LogP contribution in [0.1, 0.15) is 83.1 Å². The second-order valence-electron chi connectivity index (χ2n) is 6.67. The second-order valence-corrected chi connectivity index (χ2v) is 6.67. The fraction of sp³-hybridized carbons (Fsp3) is 0.619. The van der Waals surface area contributed by atoms with E-state index in [1.807, 2.05) is 60.6 Å². The summed E-state index contributed by atoms with van der Waals surface area (Å²) >= 11 is 0. The molecule has 0 radical (unpaired) electrons. The van der Waals surface area contributed by atoms with Gasteiger partial charge in [0.2, 0.25) is 0 Å². The topological polar surface area (TPSA) is 66.8 Å². The SMILES string of the molecule is CC.CC.CC(C)(C)OC(=O)N1CCC(c2ccc(C(=O)O)cc2)CC1. The molecule has 0 spiro atoms. The molecule has 1 aliphatic heterocycles. The second kappa shape index (κ2) is 11.6. The first-order valence-electron chi connectivity index (χ1n) is 9.57. The van der Waals surface area contributed by atoms with Gasteiger partial charge in [0.15, 0.2) is 0 Å². The van der Waals surface area contributed by atoms with E-state index in [0.717, 1.165) is 18.4 Å². The third-order valence-electron chi connectivity index (χ3n) is 3.78. The number of hydrogen-bond donors (Lipinski definition) is 1. The molecule has 1 saturated heterocycles. The van der Waals surface area contributed by atoms with Gasteiger partial charge in [-0.1, -0.05) is 39.8 Å². The highest BCUT2D eigenvalue weighted by atomic mass is 16.6. The number of carbonyl (C=O) groups excluding carboxylic acids is 1. The van der Waals surface area contributed by atoms with Crippen LogP contribution >= 0.6 is 0 Å². The molecule has 1 aromatic rings. The van der Waals surface area contributed by atoms with Crippen LogP contribution in [0.2, 0.25) is 0 Å². The Morgan fingerprint density at radius 2 is 1.46 bits per heavy atom. The van der Waals surface area contributed by atoms with Gasteiger partial charge in [0.25, 0.3) is 0 Å². The number of carboxylic acid groups (broad SMARTS) is 1. The highest BCUT2D eigenvalue weighted by Crippen LogP contribution is 2.28. The third-order valence-corrected chi connectivity index (χ3v) is 3.78. The van der Waals surface area contributed by atoms with E-state index in [-0.39, 0.29) is 6.09 Å². The molecule has 1 N–H and O–H groups in total. The van der Waals surface area contributed by atoms with Gasteiger partial charge >= 0.3 is 12.1 Å². The zero-order chi connectivity index (χ0) is 20.3. The van der Waals surface area contributed by atoms with E-state index in [0.29, 0.717) is 24.6 Å². The average Bonchev–Trinajstić information content (AvgIpc) is 2.64. The van der Waals surface area contributed by atoms with E-state index in [1.54, 1.807) is 17.0 Å². The zero-order valence-corrected chi connectivity index (χ0v) is 17.3. The number of nitrogens with zero attached hydrogens (tertiary/aromatic N) is 1. The number of aromatic carboxylic acids is 1. The van der Waals surface area contributed by atoms with Crippen LogP contribution in [-0.2, 0) is 4.74 Å². The summed E-state index contributed by atoms with van der Waals surface area (Å²) in [5.41, 5.74) is 0.962. The summed E-state index contributed by atoms with van der Waals surface area (Å²) in [4.78, 5) is 24.6. The van der Waals surface area contributed by atoms with Crippen molar-refractivity contribution in [3.63, 3.8) is 0 Å². The van der Waals surface area contributed by atoms with Crippen molar-refractivity contribution in [2.45, 2.75) is 72.8 Å². The fourth-order valence-corrected chi connectivity index (χ4v) is 2.62. The van der Waals surface area contributed by atoms with Crippen molar-refractivity contribution in [3.8, 4) is 0 Å². The average molecular weight is 366 g/mol. The molecule has 2 rings (SSSR count). The molecule has 1 amide bonds. The molecule has 1 heterocycles. The van der Waals surface area contributed by atoms with Crippen LogP contribution in [0.3, 0.4) is 0 Å². The van der Waals surface area contributed by atoms with Crippen LogP contribution in [0.15, 0.2) is 24.3 Å². The largest absolute Gasteiger partial charge is 0.478 e. The van der Waals surface area contributed by atoms with Crippen molar-refractivity contribution in [1.82, 2.24) is 4.90 Å². The molecule has 5 nitrogen and oxygen atoms in total. The van der Waals surface area contributed by atoms with Gasteiger partial charge in [-0.15, -0.1) is 0 Å². The Morgan fingerprint density at radius 3 is 1.85 bits per heavy atom. The molecule has 0 atom stereocenters. The quantitative estimate of drug-likeness (QED) is 0.746. The lowest BCUT2D eigenvalue weighted by Crippen LogP contribution is -2.41. The predicted octanol–water partition coefficient (Wildman–Crippen LogP) is 5.55. The molecule has 148 valence electrons. The van der Waals surface area contributed by atoms with Gasteiger partial charge in [-0.2, -0.15) is 0 Å². The van der Waals surface area contributed by atoms with Crippen molar-refractivity contribution < 1.29 is 19.4 Å². The van der Waals surface area contributed by atoms with Crippen molar-refractivity contribution in [2.75, 3.05) is 13.1 Å². The van der Waals surface area contributed by atoms with Crippen LogP contribution in [0.5, 0.6) is 0 Å². The Balaban J connectivity index is 0.00000146. The summed E-state index contributed by atoms with van der Waals surface area (Å²) in [6.45, 7) is 14.9. The summed E-state index contributed by atoms with van der Waals surface area (Å²) in [6.07, 6.45) is 1.48. The number of rotatable bonds is 2. The van der Waals surface area contributed by atoms with Gasteiger partial charge in [-0.05, 0) is 57.2 Å². The minimum atomic E-state index is -0.911. The summed E-state index contributed by atoms with van der Waals surface area (Å²) in [5, 5.41) is 8.92. The number of ether oxygens (including phenoxy) is 1. The highest BCUT2D eigenvalue weighted by molar-refractivity contribution is 5.87. The Labute approximate surface area is 158 Å². The zero-order valence-electron chi connectivity index (χ0n) is 17.3. The maximum Gasteiger partial charge on any atom is 0.410 e. The predicted molar refractivity (Wildman–Crippen MR) is 106 cm³/mol. The highest BCUT2D eigenvalue weighted by Gasteiger charge is 2.27. The van der Waals surface area contributed by atoms with E-state index in [1.165, 1.54) is 0 Å². The third kappa shape index (κ3) is 7.89. The first kappa shape index (κ1) is 24.0. The lowest BCUT2D eigenvalue weighted by atomic mass is 9.89. The van der Waals surface area contributed by atoms with Crippen LogP contribution in [0, 0.1) is 0 Å². The van der Waals surface area contributed by atoms with Crippen molar-refractivity contribution in [2.24, 2.45) is 0 Å². The Kier molecular flexibility index (Phi) is 10.6. The van der Waals surface area contributed by atoms with Gasteiger partial charge in [-0.25, -0.2) is 9.59 Å². The lowest BCUT2D eigenvalue weighted by molar-refractivity contribution is 0.0204. The van der Waals surface area contributed by atoms with Crippen LogP contribution in [0.25, 0.3) is 0 Å². The molecule has 0 aliphatic carbocycles. The molecule has 1 aromatic carbocycles. The molecule has 0 aromatic heterocycles. The number of piperidine rings is 1. The fourth-order valence-electron chi connectivity index (χ4n) is 2.62. The Hall–Kier alpha value is -2.04. The number of amides is 1. The molecular formula is C21H35NO4. The van der Waals surface area contributed by atoms with Crippen molar-refractivity contribution >= 4 is 12.1 Å². The van der Waals surface area contributed by atoms with Crippen molar-refractivity contribution in [3.05, 3.63) is 35.4 Å². The first-order valence-corrected chi connectivity index (χ1v) is 9.57. The lowest BCUT2D eigenvalue weighted by Gasteiger charge is -2.33. The number of carboxylic acids is 1. The number of likely N-dealkylation sites (tertiary alicyclic amines) is 1. The number of carbonyl (C=O) groups is 2. The molecule has 26 heavy (non-hydrogen) atoms. The molecule has 1 fully saturated rings. The van der Waals surface area contributed by atoms with Gasteiger partial charge in [-0.3, -0.25) is 0 Å². The summed E-state index contributed by atoms with van der Waals surface area (Å²) in [5.74, 6) is -0.548. The Morgan fingerprint density at radius 1 is 1.00 bits per heavy atom. The monoisotopic (exact) mass is 365 g/mol. The molecule has 0 saturated carbocycles. The smallest absolute Gasteiger partial charge is 0.410 e. The molecule has 0 unspecified atom stereocenters. The summed E-state index contributed by atoms with van der Waals surface area (Å²) in [7, 11) is 0. The minimum Gasteiger partial charge on any atom is -0.478 e. The van der Waals surface area contributed by atoms with Crippen molar-refractivity contribution in [1.29, 1.82) is 0 Å². The van der Waals surface area contributed by atoms with E-state index in [2.05, 4.69) is 0 Å². The molecule has 0 bridgehead atoms. The molecule has 5 heteroatoms. The van der Waals surface area contributed by atoms with Crippen LogP contribution in [0.4, 0.5) is 4.79 Å². The maximum atomic E-state index is 12.0. The first-order chi connectivity index (χ1) is 12.3. The van der Waals surface area contributed by atoms with Crippen LogP contribution in [-0.4, -0.2) is 40.8 Å². The van der Waals surface area contributed by atoms with Gasteiger partial charge in [0, 0.05) is 13.1 Å². The maximum absolute atomic E-state index is 12.0. The van der Waals surface area contributed by atoms with E-state index >= 15 is 0 Å². The molecular weight excluding hydrogens is 330 g/mol. The van der Waals surface area contributed by atoms with Crippen LogP contribution < -0.4 is 0 Å². The number of benzene rings is 1. The minimum absolute atomic E-state index is 0.257. The summed E-state index contributed by atoms with van der Waals surface area (Å²) in [6, 6.07) is 7.02. The van der Waals surface area contributed by atoms with E-state index in [9.17, 15) is 9.59 Å². The number of hydrogen-bond acceptors (Lipinski definition) is 3. The standard InChI is InChI=1S/C17H23NO4.2C2H6/c1-17(2,3)22-16(21)18-10-8-13(9-11-18)12-4-6-14(7-5-12)15(19)20;2*1-2/h4-7,13H,8-11H2,1-3H3,(H,19,20);2*1-2H3. The Bertz CT molecular complexity index is 538. The summed E-state index contributed by atoms with van der Waals surface area (Å²) < 4.78 is 5.38. The normalized spacial score (nSPS) is 14.3. The van der Waals surface area contributed by atoms with Gasteiger partial charge < -0.3 is 14.7 Å². The van der Waals surface area contributed by atoms with E-state index in [4.69, 9.17) is 9.84 Å². The van der Waals surface area contributed by atoms with Gasteiger partial charge in [0.05, 0.1) is 5.56 Å². The van der Waals surface area contributed by atoms with E-state index < -0.39 is 11.6 Å². The molecule has 1 aliphatic rings. The van der Waals surface area contributed by atoms with Gasteiger partial charge in [0.1, 0.15) is 5.60 Å².